The lowest BCUT2D eigenvalue weighted by Crippen LogP contribution is -2.43. The molecule has 0 spiro atoms. The van der Waals surface area contributed by atoms with Crippen molar-refractivity contribution in [3.05, 3.63) is 58.5 Å². The molecule has 2 aromatic carbocycles. The van der Waals surface area contributed by atoms with Gasteiger partial charge in [0.1, 0.15) is 24.0 Å². The number of rotatable bonds is 7. The Hall–Kier alpha value is -3.82. The van der Waals surface area contributed by atoms with E-state index >= 15 is 4.39 Å². The second kappa shape index (κ2) is 12.9. The standard InChI is InChI=1S/C39H48FN5O3/c1-6-28-31(40)13-12-25-19-27(47)20-30(33(25)28)32-24(5)35-34(29(7-2)36(32)41-23(3)4)37(44-16-8-11-26(46)21-44)43-38(42-35)48-22-39-14-9-17-45(39)18-10-15-39/h7,12-13,19-20,23,26,46-47H,6,8-11,14-18,21-22H2,1-5H3/b29-7-,41-36?. The molecule has 1 atom stereocenters. The van der Waals surface area contributed by atoms with E-state index in [1.807, 2.05) is 34.6 Å². The van der Waals surface area contributed by atoms with Gasteiger partial charge in [0.2, 0.25) is 0 Å². The van der Waals surface area contributed by atoms with E-state index in [1.54, 1.807) is 18.2 Å². The molecular formula is C39H48FN5O3. The van der Waals surface area contributed by atoms with Crippen molar-refractivity contribution in [3.63, 3.8) is 0 Å². The van der Waals surface area contributed by atoms with Crippen LogP contribution in [0, 0.1) is 5.82 Å². The highest BCUT2D eigenvalue weighted by Gasteiger charge is 2.45. The van der Waals surface area contributed by atoms with E-state index in [0.29, 0.717) is 31.1 Å². The van der Waals surface area contributed by atoms with Crippen LogP contribution in [0.5, 0.6) is 11.8 Å². The third-order valence-corrected chi connectivity index (χ3v) is 10.8. The van der Waals surface area contributed by atoms with E-state index in [9.17, 15) is 10.2 Å². The number of aliphatic hydroxyl groups is 1. The zero-order chi connectivity index (χ0) is 33.7. The second-order valence-corrected chi connectivity index (χ2v) is 14.2. The van der Waals surface area contributed by atoms with Crippen LogP contribution >= 0.6 is 0 Å². The van der Waals surface area contributed by atoms with Gasteiger partial charge in [-0.1, -0.05) is 19.1 Å². The monoisotopic (exact) mass is 653 g/mol. The summed E-state index contributed by atoms with van der Waals surface area (Å²) >= 11 is 0. The van der Waals surface area contributed by atoms with Crippen LogP contribution in [0.2, 0.25) is 0 Å². The number of aliphatic hydroxyl groups excluding tert-OH is 1. The number of hydrogen-bond acceptors (Lipinski definition) is 8. The number of anilines is 1. The van der Waals surface area contributed by atoms with Crippen LogP contribution in [0.4, 0.5) is 10.2 Å². The van der Waals surface area contributed by atoms with Gasteiger partial charge in [-0.05, 0) is 131 Å². The molecule has 3 aliphatic heterocycles. The summed E-state index contributed by atoms with van der Waals surface area (Å²) in [5.74, 6) is 0.580. The summed E-state index contributed by atoms with van der Waals surface area (Å²) in [7, 11) is 0. The largest absolute Gasteiger partial charge is 0.508 e. The first-order valence-corrected chi connectivity index (χ1v) is 17.8. The third kappa shape index (κ3) is 5.58. The molecule has 1 aliphatic carbocycles. The lowest BCUT2D eigenvalue weighted by Gasteiger charge is -2.36. The van der Waals surface area contributed by atoms with Crippen LogP contribution in [0.3, 0.4) is 0 Å². The van der Waals surface area contributed by atoms with Gasteiger partial charge in [0.05, 0.1) is 28.6 Å². The first kappa shape index (κ1) is 32.7. The number of benzene rings is 2. The fourth-order valence-corrected chi connectivity index (χ4v) is 8.64. The van der Waals surface area contributed by atoms with Crippen LogP contribution in [0.15, 0.2) is 35.3 Å². The summed E-state index contributed by atoms with van der Waals surface area (Å²) in [6, 6.07) is 6.93. The number of halogens is 1. The molecule has 9 heteroatoms. The molecule has 254 valence electrons. The second-order valence-electron chi connectivity index (χ2n) is 14.2. The van der Waals surface area contributed by atoms with Gasteiger partial charge in [-0.3, -0.25) is 9.89 Å². The highest BCUT2D eigenvalue weighted by molar-refractivity contribution is 6.51. The molecule has 1 aromatic heterocycles. The molecule has 0 radical (unpaired) electrons. The number of aryl methyl sites for hydroxylation is 1. The predicted octanol–water partition coefficient (Wildman–Crippen LogP) is 7.20. The van der Waals surface area contributed by atoms with Gasteiger partial charge in [-0.15, -0.1) is 0 Å². The lowest BCUT2D eigenvalue weighted by molar-refractivity contribution is 0.107. The summed E-state index contributed by atoms with van der Waals surface area (Å²) in [5.41, 5.74) is 6.28. The molecule has 2 N–H and O–H groups in total. The van der Waals surface area contributed by atoms with E-state index < -0.39 is 6.10 Å². The molecular weight excluding hydrogens is 605 g/mol. The Morgan fingerprint density at radius 2 is 1.90 bits per heavy atom. The summed E-state index contributed by atoms with van der Waals surface area (Å²) < 4.78 is 22.0. The van der Waals surface area contributed by atoms with Crippen LogP contribution < -0.4 is 9.64 Å². The van der Waals surface area contributed by atoms with Gasteiger partial charge < -0.3 is 19.8 Å². The number of aromatic hydroxyl groups is 1. The van der Waals surface area contributed by atoms with Crippen molar-refractivity contribution < 1.29 is 19.3 Å². The van der Waals surface area contributed by atoms with E-state index in [0.717, 1.165) is 101 Å². The Morgan fingerprint density at radius 1 is 1.12 bits per heavy atom. The van der Waals surface area contributed by atoms with E-state index in [-0.39, 0.29) is 23.1 Å². The molecule has 0 bridgehead atoms. The van der Waals surface area contributed by atoms with Crippen molar-refractivity contribution in [2.45, 2.75) is 97.2 Å². The molecule has 4 heterocycles. The predicted molar refractivity (Wildman–Crippen MR) is 191 cm³/mol. The Labute approximate surface area is 283 Å². The van der Waals surface area contributed by atoms with Gasteiger partial charge in [0.15, 0.2) is 0 Å². The van der Waals surface area contributed by atoms with E-state index in [4.69, 9.17) is 19.7 Å². The van der Waals surface area contributed by atoms with Crippen LogP contribution in [0.1, 0.15) is 95.5 Å². The Bertz CT molecular complexity index is 1840. The van der Waals surface area contributed by atoms with Crippen molar-refractivity contribution in [3.8, 4) is 11.8 Å². The average molecular weight is 654 g/mol. The van der Waals surface area contributed by atoms with Gasteiger partial charge in [0, 0.05) is 30.3 Å². The minimum Gasteiger partial charge on any atom is -0.508 e. The number of ether oxygens (including phenoxy) is 1. The number of phenolic OH excluding ortho intramolecular Hbond substituents is 1. The maximum atomic E-state index is 15.4. The zero-order valence-electron chi connectivity index (χ0n) is 28.9. The topological polar surface area (TPSA) is 94.3 Å². The zero-order valence-corrected chi connectivity index (χ0v) is 28.9. The number of fused-ring (bicyclic) bond motifs is 3. The quantitative estimate of drug-likeness (QED) is 0.279. The summed E-state index contributed by atoms with van der Waals surface area (Å²) in [5, 5.41) is 23.3. The molecule has 48 heavy (non-hydrogen) atoms. The lowest BCUT2D eigenvalue weighted by atomic mass is 9.78. The number of piperidine rings is 1. The first-order valence-electron chi connectivity index (χ1n) is 17.8. The van der Waals surface area contributed by atoms with Crippen molar-refractivity contribution in [2.75, 3.05) is 37.7 Å². The molecule has 0 saturated carbocycles. The number of nitrogens with zero attached hydrogens (tertiary/aromatic N) is 5. The fourth-order valence-electron chi connectivity index (χ4n) is 8.64. The number of aromatic nitrogens is 2. The van der Waals surface area contributed by atoms with Crippen molar-refractivity contribution >= 4 is 39.0 Å². The number of allylic oxidation sites excluding steroid dienone is 4. The number of hydrogen-bond donors (Lipinski definition) is 2. The van der Waals surface area contributed by atoms with Crippen molar-refractivity contribution in [1.29, 1.82) is 0 Å². The van der Waals surface area contributed by atoms with Crippen LogP contribution in [-0.2, 0) is 6.42 Å². The SMILES string of the molecule is C/C=C1\C(=NC(C)C)C(c2cc(O)cc3ccc(F)c(CC)c23)=C(C)c2nc(OCC34CCCN3CCC4)nc(N3CCCC(O)C3)c21. The maximum absolute atomic E-state index is 15.4. The maximum Gasteiger partial charge on any atom is 0.319 e. The highest BCUT2D eigenvalue weighted by atomic mass is 19.1. The van der Waals surface area contributed by atoms with Gasteiger partial charge in [-0.25, -0.2) is 4.39 Å². The normalized spacial score (nSPS) is 22.8. The highest BCUT2D eigenvalue weighted by Crippen LogP contribution is 2.47. The van der Waals surface area contributed by atoms with Crippen LogP contribution in [-0.4, -0.2) is 81.3 Å². The minimum absolute atomic E-state index is 0.0312. The minimum atomic E-state index is -0.451. The van der Waals surface area contributed by atoms with Gasteiger partial charge in [-0.2, -0.15) is 9.97 Å². The molecule has 3 saturated heterocycles. The van der Waals surface area contributed by atoms with E-state index in [1.165, 1.54) is 18.9 Å². The molecule has 4 aliphatic rings. The molecule has 7 rings (SSSR count). The molecule has 1 unspecified atom stereocenters. The Kier molecular flexibility index (Phi) is 8.79. The van der Waals surface area contributed by atoms with Gasteiger partial charge in [0.25, 0.3) is 0 Å². The van der Waals surface area contributed by atoms with Crippen molar-refractivity contribution in [2.24, 2.45) is 4.99 Å². The fraction of sp³-hybridized carbons (Fsp3) is 0.513. The number of β-amino-alcohol motifs (C(OH)–C–C–N with tert-alkyl or cyclic N) is 1. The number of aliphatic imine (C=N–C) groups is 1. The molecule has 3 fully saturated rings. The Morgan fingerprint density at radius 3 is 2.58 bits per heavy atom. The molecule has 8 nitrogen and oxygen atoms in total. The average Bonchev–Trinajstić information content (AvgIpc) is 3.64. The summed E-state index contributed by atoms with van der Waals surface area (Å²) in [6.45, 7) is 14.1. The molecule has 3 aromatic rings. The van der Waals surface area contributed by atoms with E-state index in [2.05, 4.69) is 15.9 Å². The summed E-state index contributed by atoms with van der Waals surface area (Å²) in [6.07, 6.45) is 8.30. The number of phenols is 1. The van der Waals surface area contributed by atoms with Crippen LogP contribution in [0.25, 0.3) is 27.5 Å². The van der Waals surface area contributed by atoms with Crippen molar-refractivity contribution in [1.82, 2.24) is 14.9 Å². The smallest absolute Gasteiger partial charge is 0.319 e. The Balaban J connectivity index is 1.49. The first-order chi connectivity index (χ1) is 23.1. The summed E-state index contributed by atoms with van der Waals surface area (Å²) in [4.78, 5) is 20.2. The molecule has 0 amide bonds. The van der Waals surface area contributed by atoms with Gasteiger partial charge >= 0.3 is 6.01 Å². The third-order valence-electron chi connectivity index (χ3n) is 10.8.